The fourth-order valence-corrected chi connectivity index (χ4v) is 10.1. The third-order valence-electron chi connectivity index (χ3n) is 13.6. The van der Waals surface area contributed by atoms with E-state index in [9.17, 15) is 28.3 Å². The largest absolute Gasteiger partial charge is 0.492 e. The Morgan fingerprint density at radius 2 is 1.90 bits per heavy atom. The Morgan fingerprint density at radius 3 is 2.60 bits per heavy atom. The Morgan fingerprint density at radius 1 is 1.13 bits per heavy atom. The van der Waals surface area contributed by atoms with Crippen molar-refractivity contribution in [1.82, 2.24) is 25.8 Å². The number of carbonyl (C=O) groups is 4. The minimum Gasteiger partial charge on any atom is -0.492 e. The highest BCUT2D eigenvalue weighted by molar-refractivity contribution is 7.81. The molecule has 2 aliphatic heterocycles. The Labute approximate surface area is 366 Å². The summed E-state index contributed by atoms with van der Waals surface area (Å²) >= 11 is 0. The maximum atomic E-state index is 14.9. The monoisotopic (exact) mass is 875 g/mol. The van der Waals surface area contributed by atoms with Crippen molar-refractivity contribution in [3.05, 3.63) is 46.9 Å². The van der Waals surface area contributed by atoms with E-state index in [4.69, 9.17) is 19.2 Å². The molecule has 5 fully saturated rings. The Bertz CT molecular complexity index is 2170. The summed E-state index contributed by atoms with van der Waals surface area (Å²) < 4.78 is 31.7. The fraction of sp³-hybridized carbons (Fsp3) is 0.674. The van der Waals surface area contributed by atoms with Gasteiger partial charge in [-0.25, -0.2) is 14.6 Å². The number of ether oxygens (including phenoxy) is 3. The molecule has 2 bridgehead atoms. The van der Waals surface area contributed by atoms with Gasteiger partial charge in [0.1, 0.15) is 34.8 Å². The summed E-state index contributed by atoms with van der Waals surface area (Å²) in [4.78, 5) is 76.6. The van der Waals surface area contributed by atoms with Crippen molar-refractivity contribution in [1.29, 1.82) is 0 Å². The Kier molecular flexibility index (Phi) is 12.3. The van der Waals surface area contributed by atoms with Gasteiger partial charge >= 0.3 is 23.0 Å². The number of nitroso groups, excluding NO2 is 1. The molecule has 3 N–H and O–H groups in total. The minimum absolute atomic E-state index is 0.00482. The maximum absolute atomic E-state index is 14.9. The number of aromatic nitrogens is 1. The summed E-state index contributed by atoms with van der Waals surface area (Å²) in [6, 6.07) is 4.42. The molecule has 0 spiro atoms. The molecule has 3 heterocycles. The molecule has 1 aromatic carbocycles. The first-order valence-corrected chi connectivity index (χ1v) is 23.7. The molecule has 6 aliphatic rings. The molecule has 0 radical (unpaired) electrons. The predicted octanol–water partition coefficient (Wildman–Crippen LogP) is 5.64. The number of amides is 4. The van der Waals surface area contributed by atoms with Crippen molar-refractivity contribution in [2.75, 3.05) is 19.7 Å². The Hall–Kier alpha value is -4.44. The second kappa shape index (κ2) is 17.3. The van der Waals surface area contributed by atoms with Crippen molar-refractivity contribution in [2.45, 2.75) is 159 Å². The summed E-state index contributed by atoms with van der Waals surface area (Å²) in [5, 5.41) is 10.1. The first-order chi connectivity index (χ1) is 29.5. The van der Waals surface area contributed by atoms with Gasteiger partial charge in [-0.2, -0.15) is 4.21 Å². The smallest absolute Gasteiger partial charge is 0.476 e. The van der Waals surface area contributed by atoms with Crippen LogP contribution in [-0.2, 0) is 36.5 Å². The van der Waals surface area contributed by atoms with Crippen molar-refractivity contribution in [3.63, 3.8) is 0 Å². The zero-order chi connectivity index (χ0) is 44.1. The quantitative estimate of drug-likeness (QED) is 0.136. The van der Waals surface area contributed by atoms with Gasteiger partial charge in [-0.15, -0.1) is 6.58 Å². The predicted molar refractivity (Wildman–Crippen MR) is 233 cm³/mol. The second-order valence-corrected chi connectivity index (χ2v) is 21.7. The lowest BCUT2D eigenvalue weighted by molar-refractivity contribution is -0.324. The molecular weight excluding hydrogens is 813 g/mol. The van der Waals surface area contributed by atoms with E-state index in [1.165, 1.54) is 23.8 Å². The first-order valence-electron chi connectivity index (χ1n) is 22.6. The molecule has 4 saturated carbocycles. The van der Waals surface area contributed by atoms with Crippen molar-refractivity contribution >= 4 is 45.7 Å². The van der Waals surface area contributed by atoms with Gasteiger partial charge in [0.05, 0.1) is 24.2 Å². The number of hydrogen-bond acceptors (Lipinski definition) is 11. The van der Waals surface area contributed by atoms with Gasteiger partial charge in [0.15, 0.2) is 9.70 Å². The van der Waals surface area contributed by atoms with E-state index in [0.29, 0.717) is 43.3 Å². The highest BCUT2D eigenvalue weighted by Gasteiger charge is 2.70. The lowest BCUT2D eigenvalue weighted by Crippen LogP contribution is -2.59. The third kappa shape index (κ3) is 9.41. The van der Waals surface area contributed by atoms with Crippen molar-refractivity contribution in [2.24, 2.45) is 17.3 Å². The molecule has 2 aromatic rings. The van der Waals surface area contributed by atoms with E-state index in [0.717, 1.165) is 67.3 Å². The van der Waals surface area contributed by atoms with Crippen LogP contribution in [0.2, 0.25) is 0 Å². The van der Waals surface area contributed by atoms with Crippen molar-refractivity contribution < 1.29 is 41.8 Å². The van der Waals surface area contributed by atoms with Gasteiger partial charge in [0, 0.05) is 28.7 Å². The van der Waals surface area contributed by atoms with Crippen LogP contribution >= 0.6 is 0 Å². The van der Waals surface area contributed by atoms with E-state index < -0.39 is 74.6 Å². The zero-order valence-electron chi connectivity index (χ0n) is 36.8. The maximum Gasteiger partial charge on any atom is 0.476 e. The van der Waals surface area contributed by atoms with Gasteiger partial charge < -0.3 is 35.1 Å². The lowest BCUT2D eigenvalue weighted by atomic mass is 9.85. The number of nitrogens with one attached hydrogen (secondary N) is 3. The molecule has 8 unspecified atom stereocenters. The van der Waals surface area contributed by atoms with Gasteiger partial charge in [-0.1, -0.05) is 45.8 Å². The number of aryl methyl sites for hydroxylation is 1. The molecule has 4 amide bonds. The average molecular weight is 876 g/mol. The highest BCUT2D eigenvalue weighted by Crippen LogP contribution is 2.48. The van der Waals surface area contributed by atoms with Crippen LogP contribution in [0, 0.1) is 29.1 Å². The highest BCUT2D eigenvalue weighted by atomic mass is 32.2. The molecule has 15 nitrogen and oxygen atoms in total. The van der Waals surface area contributed by atoms with Crippen molar-refractivity contribution in [3.8, 4) is 11.6 Å². The van der Waals surface area contributed by atoms with Gasteiger partial charge in [0.2, 0.25) is 17.7 Å². The standard InChI is InChI=1S/C46H62N6O9S/c1-7-29-25-46(29,42(55)52(57)62(58)45(6)18-19-45)50-39(53)35-24-31-26-51(35)41(54)38(44(3,4)5)49-43(56)61-36-23-28(36)12-9-8-10-13-33-37(59-21-11-20-47-30-15-16-30)32-17-14-27(2)22-34(32)48-40(33)60-31/h7,14,17,22,28-31,35-36,38,47H,1,8-13,15-16,18-21,23-26H2,2-6H3,(H-,49,50,53,56)/p+1. The topological polar surface area (TPSA) is 185 Å². The molecule has 1 saturated heterocycles. The number of pyridine rings is 1. The van der Waals surface area contributed by atoms with E-state index >= 15 is 0 Å². The van der Waals surface area contributed by atoms with Crippen LogP contribution in [0.25, 0.3) is 10.9 Å². The third-order valence-corrected chi connectivity index (χ3v) is 15.3. The van der Waals surface area contributed by atoms with E-state index in [1.54, 1.807) is 6.92 Å². The normalized spacial score (nSPS) is 29.9. The van der Waals surface area contributed by atoms with Crippen LogP contribution in [0.4, 0.5) is 4.79 Å². The van der Waals surface area contributed by atoms with E-state index in [-0.39, 0.29) is 35.6 Å². The number of hydrogen-bond donors (Lipinski definition) is 3. The SMILES string of the molecule is C=CC1CC1(NC(=O)C1CC2CN1C(=O)C(C(C)(C)C)NC(=O)OC1CC1CCCCCc1c(nc3cc(C)ccc3c1OCCCNC1CC1)O2)C(=O)[N+](=O)S(=O)C1(C)CC1. The molecule has 8 atom stereocenters. The lowest BCUT2D eigenvalue weighted by Gasteiger charge is -2.35. The first kappa shape index (κ1) is 44.2. The average Bonchev–Trinajstić information content (AvgIpc) is 4.08. The fourth-order valence-electron chi connectivity index (χ4n) is 8.98. The number of benzene rings is 1. The number of fused-ring (bicyclic) bond motifs is 5. The van der Waals surface area contributed by atoms with Crippen LogP contribution in [0.1, 0.15) is 116 Å². The number of nitrogens with zero attached hydrogens (tertiary/aromatic N) is 3. The van der Waals surface area contributed by atoms with Crippen LogP contribution in [0.5, 0.6) is 11.6 Å². The molecule has 4 aliphatic carbocycles. The summed E-state index contributed by atoms with van der Waals surface area (Å²) in [5.41, 5.74) is 0.0829. The summed E-state index contributed by atoms with van der Waals surface area (Å²) in [6.45, 7) is 14.3. The van der Waals surface area contributed by atoms with Gasteiger partial charge in [-0.3, -0.25) is 9.59 Å². The number of alkyl carbamates (subject to hydrolysis) is 1. The van der Waals surface area contributed by atoms with Gasteiger partial charge in [0.25, 0.3) is 0 Å². The van der Waals surface area contributed by atoms with E-state index in [2.05, 4.69) is 22.5 Å². The summed E-state index contributed by atoms with van der Waals surface area (Å²) in [5.74, 6) is -1.44. The van der Waals surface area contributed by atoms with Crippen LogP contribution in [0.15, 0.2) is 30.9 Å². The molecule has 62 heavy (non-hydrogen) atoms. The Balaban J connectivity index is 1.13. The molecule has 8 rings (SSSR count). The van der Waals surface area contributed by atoms with Gasteiger partial charge in [-0.05, 0) is 114 Å². The summed E-state index contributed by atoms with van der Waals surface area (Å²) in [6.07, 6.45) is 9.32. The number of carbonyl (C=O) groups excluding carboxylic acids is 4. The van der Waals surface area contributed by atoms with E-state index in [1.807, 2.05) is 45.9 Å². The van der Waals surface area contributed by atoms with Crippen LogP contribution < -0.4 is 25.4 Å². The molecular formula is C46H63N6O9S+. The molecule has 1 aromatic heterocycles. The van der Waals surface area contributed by atoms with Crippen LogP contribution in [0.3, 0.4) is 0 Å². The second-order valence-electron chi connectivity index (χ2n) is 19.9. The molecule has 336 valence electrons. The zero-order valence-corrected chi connectivity index (χ0v) is 37.6. The minimum atomic E-state index is -2.14. The number of rotatable bonds is 12. The summed E-state index contributed by atoms with van der Waals surface area (Å²) in [7, 11) is -2.14. The van der Waals surface area contributed by atoms with Crippen LogP contribution in [-0.4, -0.2) is 102 Å². The molecule has 16 heteroatoms.